The van der Waals surface area contributed by atoms with E-state index in [1.165, 1.54) is 18.4 Å². The van der Waals surface area contributed by atoms with Crippen molar-refractivity contribution >= 4 is 5.91 Å². The quantitative estimate of drug-likeness (QED) is 0.939. The Kier molecular flexibility index (Phi) is 4.45. The number of benzene rings is 1. The fraction of sp³-hybridized carbons (Fsp3) is 0.474. The van der Waals surface area contributed by atoms with Crippen LogP contribution in [0.1, 0.15) is 43.1 Å². The van der Waals surface area contributed by atoms with Crippen LogP contribution in [0.15, 0.2) is 30.5 Å². The van der Waals surface area contributed by atoms with Gasteiger partial charge in [-0.15, -0.1) is 0 Å². The van der Waals surface area contributed by atoms with Crippen molar-refractivity contribution in [3.63, 3.8) is 0 Å². The number of amides is 1. The molecule has 24 heavy (non-hydrogen) atoms. The Hall–Kier alpha value is -2.14. The first-order valence-corrected chi connectivity index (χ1v) is 8.32. The van der Waals surface area contributed by atoms with E-state index in [9.17, 15) is 4.79 Å². The summed E-state index contributed by atoms with van der Waals surface area (Å²) in [5.41, 5.74) is 4.67. The molecule has 0 fully saturated rings. The molecule has 1 aliphatic rings. The van der Waals surface area contributed by atoms with Crippen LogP contribution < -0.4 is 5.32 Å². The summed E-state index contributed by atoms with van der Waals surface area (Å²) in [5.74, 6) is -0.0887. The van der Waals surface area contributed by atoms with E-state index in [4.69, 9.17) is 4.74 Å². The molecule has 0 radical (unpaired) electrons. The lowest BCUT2D eigenvalue weighted by atomic mass is 9.74. The van der Waals surface area contributed by atoms with Gasteiger partial charge < -0.3 is 10.1 Å². The van der Waals surface area contributed by atoms with E-state index >= 15 is 0 Å². The summed E-state index contributed by atoms with van der Waals surface area (Å²) in [6, 6.07) is 8.33. The molecule has 1 aliphatic carbocycles. The van der Waals surface area contributed by atoms with Crippen LogP contribution in [0.5, 0.6) is 0 Å². The molecular weight excluding hydrogens is 302 g/mol. The molecule has 0 bridgehead atoms. The van der Waals surface area contributed by atoms with Gasteiger partial charge in [-0.3, -0.25) is 4.79 Å². The second kappa shape index (κ2) is 6.40. The number of carbonyl (C=O) groups is 1. The van der Waals surface area contributed by atoms with Crippen molar-refractivity contribution in [2.75, 3.05) is 13.7 Å². The first-order chi connectivity index (χ1) is 11.4. The number of hydrogen-bond acceptors (Lipinski definition) is 3. The standard InChI is InChI=1S/C19H25N3O2/c1-13-5-7-14(8-6-13)22-17-10-19(2,3)9-16(15(17)11-20-22)21-18(23)12-24-4/h5-8,11,16H,9-10,12H2,1-4H3,(H,21,23). The number of ether oxygens (including phenoxy) is 1. The average molecular weight is 327 g/mol. The zero-order valence-electron chi connectivity index (χ0n) is 14.8. The highest BCUT2D eigenvalue weighted by Crippen LogP contribution is 2.41. The third kappa shape index (κ3) is 3.36. The van der Waals surface area contributed by atoms with E-state index in [1.807, 2.05) is 10.9 Å². The molecule has 1 aromatic heterocycles. The summed E-state index contributed by atoms with van der Waals surface area (Å²) >= 11 is 0. The van der Waals surface area contributed by atoms with Gasteiger partial charge in [-0.05, 0) is 37.3 Å². The van der Waals surface area contributed by atoms with E-state index in [0.29, 0.717) is 0 Å². The third-order valence-electron chi connectivity index (χ3n) is 4.57. The Labute approximate surface area is 143 Å². The molecule has 1 amide bonds. The molecular formula is C19H25N3O2. The first kappa shape index (κ1) is 16.7. The smallest absolute Gasteiger partial charge is 0.246 e. The Morgan fingerprint density at radius 2 is 2.08 bits per heavy atom. The summed E-state index contributed by atoms with van der Waals surface area (Å²) in [6.45, 7) is 6.63. The highest BCUT2D eigenvalue weighted by molar-refractivity contribution is 5.77. The van der Waals surface area contributed by atoms with Crippen molar-refractivity contribution < 1.29 is 9.53 Å². The second-order valence-electron chi connectivity index (χ2n) is 7.39. The van der Waals surface area contributed by atoms with Crippen molar-refractivity contribution in [2.24, 2.45) is 5.41 Å². The van der Waals surface area contributed by atoms with Gasteiger partial charge >= 0.3 is 0 Å². The predicted octanol–water partition coefficient (Wildman–Crippen LogP) is 2.96. The molecule has 1 unspecified atom stereocenters. The molecule has 0 aliphatic heterocycles. The molecule has 128 valence electrons. The van der Waals surface area contributed by atoms with Crippen molar-refractivity contribution in [3.05, 3.63) is 47.3 Å². The molecule has 1 heterocycles. The van der Waals surface area contributed by atoms with E-state index in [1.54, 1.807) is 0 Å². The minimum atomic E-state index is -0.0887. The van der Waals surface area contributed by atoms with Gasteiger partial charge in [0.2, 0.25) is 5.91 Å². The van der Waals surface area contributed by atoms with Gasteiger partial charge in [-0.25, -0.2) is 4.68 Å². The Bertz CT molecular complexity index is 732. The fourth-order valence-corrected chi connectivity index (χ4v) is 3.45. The normalized spacial score (nSPS) is 18.9. The van der Waals surface area contributed by atoms with Crippen LogP contribution in [0.4, 0.5) is 0 Å². The SMILES string of the molecule is COCC(=O)NC1CC(C)(C)Cc2c1cnn2-c1ccc(C)cc1. The van der Waals surface area contributed by atoms with Crippen LogP contribution in [-0.2, 0) is 16.0 Å². The lowest BCUT2D eigenvalue weighted by molar-refractivity contribution is -0.125. The molecule has 0 saturated carbocycles. The number of nitrogens with one attached hydrogen (secondary N) is 1. The van der Waals surface area contributed by atoms with E-state index in [2.05, 4.69) is 55.5 Å². The third-order valence-corrected chi connectivity index (χ3v) is 4.57. The molecule has 0 spiro atoms. The van der Waals surface area contributed by atoms with Gasteiger partial charge in [-0.1, -0.05) is 31.5 Å². The van der Waals surface area contributed by atoms with Crippen LogP contribution in [0.2, 0.25) is 0 Å². The number of fused-ring (bicyclic) bond motifs is 1. The van der Waals surface area contributed by atoms with Gasteiger partial charge in [0, 0.05) is 12.7 Å². The zero-order valence-corrected chi connectivity index (χ0v) is 14.8. The molecule has 3 rings (SSSR count). The molecule has 0 saturated heterocycles. The fourth-order valence-electron chi connectivity index (χ4n) is 3.45. The minimum Gasteiger partial charge on any atom is -0.375 e. The molecule has 5 heteroatoms. The molecule has 1 aromatic carbocycles. The minimum absolute atomic E-state index is 0.0226. The van der Waals surface area contributed by atoms with Crippen molar-refractivity contribution in [1.82, 2.24) is 15.1 Å². The molecule has 5 nitrogen and oxygen atoms in total. The molecule has 2 aromatic rings. The topological polar surface area (TPSA) is 56.1 Å². The predicted molar refractivity (Wildman–Crippen MR) is 93.2 cm³/mol. The molecule has 1 N–H and O–H groups in total. The Balaban J connectivity index is 1.96. The van der Waals surface area contributed by atoms with Crippen LogP contribution >= 0.6 is 0 Å². The van der Waals surface area contributed by atoms with Gasteiger partial charge in [0.1, 0.15) is 6.61 Å². The zero-order chi connectivity index (χ0) is 17.3. The summed E-state index contributed by atoms with van der Waals surface area (Å²) in [5, 5.41) is 7.69. The Morgan fingerprint density at radius 3 is 2.75 bits per heavy atom. The van der Waals surface area contributed by atoms with E-state index < -0.39 is 0 Å². The van der Waals surface area contributed by atoms with Crippen LogP contribution in [0.3, 0.4) is 0 Å². The molecule has 1 atom stereocenters. The number of aromatic nitrogens is 2. The van der Waals surface area contributed by atoms with Crippen molar-refractivity contribution in [1.29, 1.82) is 0 Å². The maximum Gasteiger partial charge on any atom is 0.246 e. The highest BCUT2D eigenvalue weighted by Gasteiger charge is 2.35. The second-order valence-corrected chi connectivity index (χ2v) is 7.39. The van der Waals surface area contributed by atoms with E-state index in [0.717, 1.165) is 24.1 Å². The lowest BCUT2D eigenvalue weighted by Crippen LogP contribution is -2.38. The Morgan fingerprint density at radius 1 is 1.38 bits per heavy atom. The van der Waals surface area contributed by atoms with Gasteiger partial charge in [0.05, 0.1) is 23.6 Å². The van der Waals surface area contributed by atoms with Gasteiger partial charge in [0.15, 0.2) is 0 Å². The lowest BCUT2D eigenvalue weighted by Gasteiger charge is -2.36. The number of hydrogen-bond donors (Lipinski definition) is 1. The highest BCUT2D eigenvalue weighted by atomic mass is 16.5. The van der Waals surface area contributed by atoms with Gasteiger partial charge in [0.25, 0.3) is 0 Å². The van der Waals surface area contributed by atoms with Crippen LogP contribution in [-0.4, -0.2) is 29.4 Å². The number of aryl methyl sites for hydroxylation is 1. The van der Waals surface area contributed by atoms with Crippen molar-refractivity contribution in [3.8, 4) is 5.69 Å². The number of carbonyl (C=O) groups excluding carboxylic acids is 1. The summed E-state index contributed by atoms with van der Waals surface area (Å²) in [7, 11) is 1.53. The number of methoxy groups -OCH3 is 1. The van der Waals surface area contributed by atoms with Crippen LogP contribution in [0, 0.1) is 12.3 Å². The number of nitrogens with zero attached hydrogens (tertiary/aromatic N) is 2. The maximum atomic E-state index is 12.0. The first-order valence-electron chi connectivity index (χ1n) is 8.32. The summed E-state index contributed by atoms with van der Waals surface area (Å²) in [4.78, 5) is 12.0. The van der Waals surface area contributed by atoms with Crippen LogP contribution in [0.25, 0.3) is 5.69 Å². The maximum absolute atomic E-state index is 12.0. The monoisotopic (exact) mass is 327 g/mol. The number of rotatable bonds is 4. The summed E-state index contributed by atoms with van der Waals surface area (Å²) < 4.78 is 6.94. The van der Waals surface area contributed by atoms with Crippen molar-refractivity contribution in [2.45, 2.75) is 39.7 Å². The average Bonchev–Trinajstić information content (AvgIpc) is 2.90. The largest absolute Gasteiger partial charge is 0.375 e. The summed E-state index contributed by atoms with van der Waals surface area (Å²) in [6.07, 6.45) is 3.73. The van der Waals surface area contributed by atoms with E-state index in [-0.39, 0.29) is 24.0 Å². The van der Waals surface area contributed by atoms with Gasteiger partial charge in [-0.2, -0.15) is 5.10 Å².